The number of nitrogens with zero attached hydrogens (tertiary/aromatic N) is 1. The summed E-state index contributed by atoms with van der Waals surface area (Å²) in [5, 5.41) is 5.69. The fraction of sp³-hybridized carbons (Fsp3) is 0. The van der Waals surface area contributed by atoms with E-state index >= 15 is 0 Å². The first-order valence-corrected chi connectivity index (χ1v) is 6.53. The van der Waals surface area contributed by atoms with Gasteiger partial charge in [-0.1, -0.05) is 11.6 Å². The molecule has 0 aliphatic rings. The Balaban J connectivity index is 2.34. The molecule has 96 valence electrons. The average molecular weight is 291 g/mol. The van der Waals surface area contributed by atoms with Gasteiger partial charge in [-0.15, -0.1) is 0 Å². The van der Waals surface area contributed by atoms with Crippen LogP contribution in [-0.4, -0.2) is 18.6 Å². The van der Waals surface area contributed by atoms with Gasteiger partial charge >= 0.3 is 0 Å². The van der Waals surface area contributed by atoms with Crippen LogP contribution in [0.1, 0.15) is 0 Å². The van der Waals surface area contributed by atoms with Crippen molar-refractivity contribution in [1.29, 1.82) is 0 Å². The molecule has 2 aromatic rings. The second-order valence-corrected chi connectivity index (χ2v) is 5.44. The lowest BCUT2D eigenvalue weighted by atomic mass is 10.3. The van der Waals surface area contributed by atoms with Crippen molar-refractivity contribution in [1.82, 2.24) is 10.2 Å². The molecule has 0 bridgehead atoms. The lowest BCUT2D eigenvalue weighted by molar-refractivity contribution is 0.601. The van der Waals surface area contributed by atoms with Crippen LogP contribution >= 0.6 is 11.6 Å². The van der Waals surface area contributed by atoms with Crippen LogP contribution in [0.5, 0.6) is 0 Å². The number of benzene rings is 1. The molecule has 4 N–H and O–H groups in total. The van der Waals surface area contributed by atoms with Gasteiger partial charge in [-0.05, 0) is 18.2 Å². The minimum Gasteiger partial charge on any atom is -0.383 e. The standard InChI is InChI=1S/C9H8ClFN4O2S/c10-6-2-1-5(3-7(6)11)15-18(16,17)8-4-13-14-9(8)12/h1-4,15H,(H3,12,13,14). The zero-order valence-corrected chi connectivity index (χ0v) is 10.4. The molecule has 1 heterocycles. The maximum absolute atomic E-state index is 13.2. The molecule has 0 radical (unpaired) electrons. The van der Waals surface area contributed by atoms with E-state index in [0.29, 0.717) is 0 Å². The number of hydrogen-bond acceptors (Lipinski definition) is 4. The molecular weight excluding hydrogens is 283 g/mol. The van der Waals surface area contributed by atoms with Gasteiger partial charge in [0.1, 0.15) is 16.5 Å². The lowest BCUT2D eigenvalue weighted by Gasteiger charge is -2.07. The van der Waals surface area contributed by atoms with Crippen molar-refractivity contribution in [3.8, 4) is 0 Å². The Morgan fingerprint density at radius 2 is 2.17 bits per heavy atom. The Morgan fingerprint density at radius 3 is 2.72 bits per heavy atom. The summed E-state index contributed by atoms with van der Waals surface area (Å²) in [5.41, 5.74) is 5.44. The number of hydrogen-bond donors (Lipinski definition) is 3. The van der Waals surface area contributed by atoms with E-state index in [1.165, 1.54) is 12.1 Å². The van der Waals surface area contributed by atoms with Crippen molar-refractivity contribution in [2.45, 2.75) is 4.90 Å². The third-order valence-electron chi connectivity index (χ3n) is 2.09. The van der Waals surface area contributed by atoms with Crippen LogP contribution in [0.4, 0.5) is 15.9 Å². The number of anilines is 2. The van der Waals surface area contributed by atoms with Crippen molar-refractivity contribution < 1.29 is 12.8 Å². The first-order chi connectivity index (χ1) is 8.40. The van der Waals surface area contributed by atoms with Crippen molar-refractivity contribution in [2.75, 3.05) is 10.5 Å². The number of aromatic amines is 1. The molecule has 6 nitrogen and oxygen atoms in total. The molecule has 9 heteroatoms. The number of nitrogens with one attached hydrogen (secondary N) is 2. The summed E-state index contributed by atoms with van der Waals surface area (Å²) in [5.74, 6) is -0.825. The molecule has 0 aliphatic heterocycles. The van der Waals surface area contributed by atoms with Gasteiger partial charge in [0.15, 0.2) is 0 Å². The molecule has 2 rings (SSSR count). The normalized spacial score (nSPS) is 11.4. The zero-order chi connectivity index (χ0) is 13.3. The number of rotatable bonds is 3. The highest BCUT2D eigenvalue weighted by Crippen LogP contribution is 2.22. The van der Waals surface area contributed by atoms with Gasteiger partial charge in [-0.3, -0.25) is 9.82 Å². The van der Waals surface area contributed by atoms with Gasteiger partial charge in [0, 0.05) is 0 Å². The fourth-order valence-corrected chi connectivity index (χ4v) is 2.46. The van der Waals surface area contributed by atoms with Crippen molar-refractivity contribution in [3.63, 3.8) is 0 Å². The molecule has 0 aliphatic carbocycles. The monoisotopic (exact) mass is 290 g/mol. The van der Waals surface area contributed by atoms with Gasteiger partial charge in [-0.25, -0.2) is 12.8 Å². The molecule has 0 unspecified atom stereocenters. The summed E-state index contributed by atoms with van der Waals surface area (Å²) >= 11 is 5.49. The van der Waals surface area contributed by atoms with E-state index in [1.54, 1.807) is 0 Å². The minimum atomic E-state index is -3.91. The van der Waals surface area contributed by atoms with Crippen LogP contribution in [0, 0.1) is 5.82 Å². The Bertz CT molecular complexity index is 686. The third kappa shape index (κ3) is 2.39. The highest BCUT2D eigenvalue weighted by atomic mass is 35.5. The van der Waals surface area contributed by atoms with Gasteiger partial charge in [-0.2, -0.15) is 5.10 Å². The lowest BCUT2D eigenvalue weighted by Crippen LogP contribution is -2.14. The molecular formula is C9H8ClFN4O2S. The Hall–Kier alpha value is -1.80. The summed E-state index contributed by atoms with van der Waals surface area (Å²) in [6.07, 6.45) is 1.06. The first kappa shape index (κ1) is 12.7. The van der Waals surface area contributed by atoms with Crippen molar-refractivity contribution in [3.05, 3.63) is 35.2 Å². The molecule has 0 saturated heterocycles. The van der Waals surface area contributed by atoms with Crippen LogP contribution in [0.2, 0.25) is 5.02 Å². The predicted molar refractivity (Wildman–Crippen MR) is 65.2 cm³/mol. The average Bonchev–Trinajstić information content (AvgIpc) is 2.70. The van der Waals surface area contributed by atoms with Gasteiger partial charge in [0.25, 0.3) is 10.0 Å². The van der Waals surface area contributed by atoms with Crippen molar-refractivity contribution >= 4 is 33.1 Å². The third-order valence-corrected chi connectivity index (χ3v) is 3.81. The summed E-state index contributed by atoms with van der Waals surface area (Å²) < 4.78 is 39.1. The van der Waals surface area contributed by atoms with Gasteiger partial charge in [0.2, 0.25) is 0 Å². The van der Waals surface area contributed by atoms with Crippen LogP contribution in [0.15, 0.2) is 29.3 Å². The second kappa shape index (κ2) is 4.46. The summed E-state index contributed by atoms with van der Waals surface area (Å²) in [6, 6.07) is 3.54. The highest BCUT2D eigenvalue weighted by Gasteiger charge is 2.19. The number of halogens is 2. The Morgan fingerprint density at radius 1 is 1.44 bits per heavy atom. The van der Waals surface area contributed by atoms with Crippen LogP contribution in [-0.2, 0) is 10.0 Å². The topological polar surface area (TPSA) is 101 Å². The highest BCUT2D eigenvalue weighted by molar-refractivity contribution is 7.92. The molecule has 1 aromatic carbocycles. The summed E-state index contributed by atoms with van der Waals surface area (Å²) in [6.45, 7) is 0. The zero-order valence-electron chi connectivity index (χ0n) is 8.81. The maximum atomic E-state index is 13.2. The predicted octanol–water partition coefficient (Wildman–Crippen LogP) is 1.59. The molecule has 0 fully saturated rings. The largest absolute Gasteiger partial charge is 0.383 e. The van der Waals surface area contributed by atoms with E-state index in [0.717, 1.165) is 12.3 Å². The van der Waals surface area contributed by atoms with E-state index in [2.05, 4.69) is 14.9 Å². The minimum absolute atomic E-state index is 0.0394. The van der Waals surface area contributed by atoms with Crippen LogP contribution in [0.3, 0.4) is 0 Å². The molecule has 0 atom stereocenters. The smallest absolute Gasteiger partial charge is 0.267 e. The summed E-state index contributed by atoms with van der Waals surface area (Å²) in [4.78, 5) is -0.210. The van der Waals surface area contributed by atoms with Gasteiger partial charge < -0.3 is 5.73 Å². The van der Waals surface area contributed by atoms with Gasteiger partial charge in [0.05, 0.1) is 16.9 Å². The summed E-state index contributed by atoms with van der Waals surface area (Å²) in [7, 11) is -3.91. The first-order valence-electron chi connectivity index (χ1n) is 4.67. The fourth-order valence-electron chi connectivity index (χ4n) is 1.27. The van der Waals surface area contributed by atoms with E-state index in [1.807, 2.05) is 0 Å². The van der Waals surface area contributed by atoms with Crippen LogP contribution in [0.25, 0.3) is 0 Å². The Kier molecular flexibility index (Phi) is 3.14. The quantitative estimate of drug-likeness (QED) is 0.799. The van der Waals surface area contributed by atoms with E-state index in [4.69, 9.17) is 17.3 Å². The molecule has 18 heavy (non-hydrogen) atoms. The number of aromatic nitrogens is 2. The number of sulfonamides is 1. The molecule has 0 spiro atoms. The van der Waals surface area contributed by atoms with E-state index in [-0.39, 0.29) is 21.4 Å². The second-order valence-electron chi connectivity index (χ2n) is 3.38. The SMILES string of the molecule is Nc1[nH]ncc1S(=O)(=O)Nc1ccc(Cl)c(F)c1. The Labute approximate surface area is 107 Å². The molecule has 0 saturated carbocycles. The van der Waals surface area contributed by atoms with E-state index < -0.39 is 15.8 Å². The number of nitrogens with two attached hydrogens (primary N) is 1. The van der Waals surface area contributed by atoms with Crippen molar-refractivity contribution in [2.24, 2.45) is 0 Å². The number of H-pyrrole nitrogens is 1. The van der Waals surface area contributed by atoms with E-state index in [9.17, 15) is 12.8 Å². The number of nitrogen functional groups attached to an aromatic ring is 1. The van der Waals surface area contributed by atoms with Crippen LogP contribution < -0.4 is 10.5 Å². The molecule has 1 aromatic heterocycles. The molecule has 0 amide bonds. The maximum Gasteiger partial charge on any atom is 0.267 e.